The van der Waals surface area contributed by atoms with Crippen molar-refractivity contribution in [3.8, 4) is 5.75 Å². The molecule has 0 radical (unpaired) electrons. The van der Waals surface area contributed by atoms with Crippen LogP contribution in [0.1, 0.15) is 23.6 Å². The molecule has 0 aliphatic rings. The molecular formula is C28H32FN3O5S. The maximum atomic E-state index is 14.5. The molecule has 3 aromatic rings. The molecule has 1 atom stereocenters. The fourth-order valence-electron chi connectivity index (χ4n) is 3.95. The Kier molecular flexibility index (Phi) is 9.11. The lowest BCUT2D eigenvalue weighted by atomic mass is 10.1. The highest BCUT2D eigenvalue weighted by molar-refractivity contribution is 7.92. The van der Waals surface area contributed by atoms with Crippen LogP contribution in [0.3, 0.4) is 0 Å². The van der Waals surface area contributed by atoms with Crippen molar-refractivity contribution in [2.24, 2.45) is 0 Å². The summed E-state index contributed by atoms with van der Waals surface area (Å²) in [5, 5.41) is 2.49. The Morgan fingerprint density at radius 1 is 1.00 bits per heavy atom. The molecule has 0 bridgehead atoms. The number of halogens is 1. The smallest absolute Gasteiger partial charge is 0.264 e. The Balaban J connectivity index is 2.12. The van der Waals surface area contributed by atoms with Gasteiger partial charge in [0.15, 0.2) is 0 Å². The number of benzene rings is 3. The molecule has 10 heteroatoms. The van der Waals surface area contributed by atoms with E-state index in [2.05, 4.69) is 5.32 Å². The van der Waals surface area contributed by atoms with Crippen LogP contribution in [0.4, 0.5) is 10.1 Å². The Bertz CT molecular complexity index is 1410. The number of aryl methyl sites for hydroxylation is 2. The number of anilines is 1. The Morgan fingerprint density at radius 3 is 2.24 bits per heavy atom. The number of ether oxygens (including phenoxy) is 1. The van der Waals surface area contributed by atoms with Crippen molar-refractivity contribution in [2.75, 3.05) is 25.0 Å². The number of rotatable bonds is 10. The number of amides is 2. The van der Waals surface area contributed by atoms with Crippen molar-refractivity contribution in [3.63, 3.8) is 0 Å². The highest BCUT2D eigenvalue weighted by atomic mass is 32.2. The first-order chi connectivity index (χ1) is 18.0. The summed E-state index contributed by atoms with van der Waals surface area (Å²) in [6.45, 7) is 4.25. The van der Waals surface area contributed by atoms with E-state index in [4.69, 9.17) is 4.74 Å². The van der Waals surface area contributed by atoms with Crippen LogP contribution < -0.4 is 14.4 Å². The van der Waals surface area contributed by atoms with Crippen molar-refractivity contribution in [1.82, 2.24) is 10.2 Å². The lowest BCUT2D eigenvalue weighted by Gasteiger charge is -2.32. The lowest BCUT2D eigenvalue weighted by molar-refractivity contribution is -0.139. The molecule has 8 nitrogen and oxygen atoms in total. The lowest BCUT2D eigenvalue weighted by Crippen LogP contribution is -2.50. The molecule has 3 aromatic carbocycles. The third-order valence-electron chi connectivity index (χ3n) is 6.20. The predicted octanol–water partition coefficient (Wildman–Crippen LogP) is 3.81. The van der Waals surface area contributed by atoms with E-state index in [-0.39, 0.29) is 28.4 Å². The van der Waals surface area contributed by atoms with Crippen LogP contribution in [0.5, 0.6) is 5.75 Å². The van der Waals surface area contributed by atoms with Gasteiger partial charge < -0.3 is 15.0 Å². The van der Waals surface area contributed by atoms with E-state index < -0.39 is 40.2 Å². The van der Waals surface area contributed by atoms with Gasteiger partial charge in [0.05, 0.1) is 17.7 Å². The van der Waals surface area contributed by atoms with Crippen LogP contribution in [0.2, 0.25) is 0 Å². The number of nitrogens with zero attached hydrogens (tertiary/aromatic N) is 2. The molecule has 0 fully saturated rings. The van der Waals surface area contributed by atoms with Crippen LogP contribution >= 0.6 is 0 Å². The van der Waals surface area contributed by atoms with Gasteiger partial charge in [0.2, 0.25) is 11.8 Å². The summed E-state index contributed by atoms with van der Waals surface area (Å²) in [7, 11) is -1.42. The molecule has 0 spiro atoms. The topological polar surface area (TPSA) is 96.0 Å². The molecule has 38 heavy (non-hydrogen) atoms. The van der Waals surface area contributed by atoms with Crippen molar-refractivity contribution < 1.29 is 27.1 Å². The van der Waals surface area contributed by atoms with Gasteiger partial charge in [-0.05, 0) is 56.7 Å². The minimum absolute atomic E-state index is 0.0144. The minimum atomic E-state index is -4.25. The summed E-state index contributed by atoms with van der Waals surface area (Å²) in [6.07, 6.45) is 0. The number of hydrogen-bond donors (Lipinski definition) is 1. The summed E-state index contributed by atoms with van der Waals surface area (Å²) >= 11 is 0. The van der Waals surface area contributed by atoms with Crippen molar-refractivity contribution in [2.45, 2.75) is 38.3 Å². The molecule has 0 aliphatic heterocycles. The van der Waals surface area contributed by atoms with E-state index in [0.717, 1.165) is 20.3 Å². The van der Waals surface area contributed by atoms with E-state index in [0.29, 0.717) is 0 Å². The van der Waals surface area contributed by atoms with E-state index in [9.17, 15) is 22.4 Å². The highest BCUT2D eigenvalue weighted by Crippen LogP contribution is 2.34. The first kappa shape index (κ1) is 28.6. The monoisotopic (exact) mass is 541 g/mol. The molecule has 0 saturated heterocycles. The SMILES string of the molecule is CNC(=O)[C@H](C)N(Cc1ccccc1F)C(=O)CN(c1cc(C)ccc1OC)S(=O)(=O)c1ccc(C)cc1. The van der Waals surface area contributed by atoms with Gasteiger partial charge in [0.25, 0.3) is 10.0 Å². The molecule has 2 amide bonds. The second-order valence-electron chi connectivity index (χ2n) is 8.90. The molecule has 0 unspecified atom stereocenters. The fourth-order valence-corrected chi connectivity index (χ4v) is 5.36. The predicted molar refractivity (Wildman–Crippen MR) is 144 cm³/mol. The van der Waals surface area contributed by atoms with Gasteiger partial charge in [0, 0.05) is 19.2 Å². The molecule has 1 N–H and O–H groups in total. The summed E-state index contributed by atoms with van der Waals surface area (Å²) in [5.41, 5.74) is 1.98. The second kappa shape index (κ2) is 12.1. The van der Waals surface area contributed by atoms with E-state index in [1.807, 2.05) is 6.92 Å². The number of carbonyl (C=O) groups is 2. The first-order valence-electron chi connectivity index (χ1n) is 12.0. The van der Waals surface area contributed by atoms with Gasteiger partial charge >= 0.3 is 0 Å². The van der Waals surface area contributed by atoms with Gasteiger partial charge in [-0.3, -0.25) is 13.9 Å². The van der Waals surface area contributed by atoms with Crippen molar-refractivity contribution >= 4 is 27.5 Å². The maximum Gasteiger partial charge on any atom is 0.264 e. The normalized spacial score (nSPS) is 11.9. The van der Waals surface area contributed by atoms with Crippen molar-refractivity contribution in [1.29, 1.82) is 0 Å². The fraction of sp³-hybridized carbons (Fsp3) is 0.286. The second-order valence-corrected chi connectivity index (χ2v) is 10.8. The summed E-state index contributed by atoms with van der Waals surface area (Å²) in [4.78, 5) is 27.5. The summed E-state index contributed by atoms with van der Waals surface area (Å²) in [6, 6.07) is 16.2. The largest absolute Gasteiger partial charge is 0.495 e. The van der Waals surface area contributed by atoms with Crippen LogP contribution in [0, 0.1) is 19.7 Å². The van der Waals surface area contributed by atoms with Gasteiger partial charge in [-0.25, -0.2) is 12.8 Å². The zero-order chi connectivity index (χ0) is 28.0. The van der Waals surface area contributed by atoms with Gasteiger partial charge in [-0.1, -0.05) is 42.0 Å². The Hall–Kier alpha value is -3.92. The van der Waals surface area contributed by atoms with Gasteiger partial charge in [0.1, 0.15) is 24.2 Å². The van der Waals surface area contributed by atoms with E-state index >= 15 is 0 Å². The molecule has 0 aliphatic carbocycles. The molecule has 3 rings (SSSR count). The van der Waals surface area contributed by atoms with Crippen LogP contribution in [-0.4, -0.2) is 51.9 Å². The van der Waals surface area contributed by atoms with E-state index in [1.54, 1.807) is 43.3 Å². The van der Waals surface area contributed by atoms with Gasteiger partial charge in [-0.15, -0.1) is 0 Å². The molecule has 0 heterocycles. The quantitative estimate of drug-likeness (QED) is 0.421. The Labute approximate surface area is 223 Å². The average Bonchev–Trinajstić information content (AvgIpc) is 2.90. The average molecular weight is 542 g/mol. The van der Waals surface area contributed by atoms with Gasteiger partial charge in [-0.2, -0.15) is 0 Å². The number of nitrogens with one attached hydrogen (secondary N) is 1. The highest BCUT2D eigenvalue weighted by Gasteiger charge is 2.34. The summed E-state index contributed by atoms with van der Waals surface area (Å²) < 4.78 is 48.8. The Morgan fingerprint density at radius 2 is 1.63 bits per heavy atom. The number of hydrogen-bond acceptors (Lipinski definition) is 5. The first-order valence-corrected chi connectivity index (χ1v) is 13.4. The molecular weight excluding hydrogens is 509 g/mol. The zero-order valence-corrected chi connectivity index (χ0v) is 22.9. The van der Waals surface area contributed by atoms with Crippen LogP contribution in [-0.2, 0) is 26.2 Å². The molecule has 0 aromatic heterocycles. The van der Waals surface area contributed by atoms with E-state index in [1.165, 1.54) is 51.4 Å². The maximum absolute atomic E-state index is 14.5. The number of sulfonamides is 1. The number of carbonyl (C=O) groups excluding carboxylic acids is 2. The minimum Gasteiger partial charge on any atom is -0.495 e. The van der Waals surface area contributed by atoms with Crippen LogP contribution in [0.25, 0.3) is 0 Å². The molecule has 0 saturated carbocycles. The number of methoxy groups -OCH3 is 1. The zero-order valence-electron chi connectivity index (χ0n) is 22.1. The number of likely N-dealkylation sites (N-methyl/N-ethyl adjacent to an activating group) is 1. The third kappa shape index (κ3) is 6.31. The molecule has 202 valence electrons. The van der Waals surface area contributed by atoms with Crippen molar-refractivity contribution in [3.05, 3.63) is 89.2 Å². The van der Waals surface area contributed by atoms with Crippen LogP contribution in [0.15, 0.2) is 71.6 Å². The standard InChI is InChI=1S/C28H32FN3O5S/c1-19-10-13-23(14-11-19)38(35,36)32(25-16-20(2)12-15-26(25)37-5)18-27(33)31(21(3)28(34)30-4)17-22-8-6-7-9-24(22)29/h6-16,21H,17-18H2,1-5H3,(H,30,34)/t21-/m0/s1. The third-order valence-corrected chi connectivity index (χ3v) is 7.98. The summed E-state index contributed by atoms with van der Waals surface area (Å²) in [5.74, 6) is -1.46.